The third kappa shape index (κ3) is 7.07. The van der Waals surface area contributed by atoms with Crippen LogP contribution in [0.1, 0.15) is 79.5 Å². The van der Waals surface area contributed by atoms with E-state index in [0.717, 1.165) is 67.6 Å². The molecule has 8 heteroatoms. The van der Waals surface area contributed by atoms with Crippen molar-refractivity contribution in [3.8, 4) is 28.7 Å². The van der Waals surface area contributed by atoms with E-state index in [2.05, 4.69) is 180 Å². The highest BCUT2D eigenvalue weighted by atomic mass is 16.5. The molecule has 296 valence electrons. The maximum absolute atomic E-state index is 7.08. The minimum atomic E-state index is -0.305. The second-order valence-corrected chi connectivity index (χ2v) is 18.6. The molecule has 0 atom stereocenters. The Morgan fingerprint density at radius 2 is 1.17 bits per heavy atom. The Bertz CT molecular complexity index is 2810. The first-order valence-electron chi connectivity index (χ1n) is 20.4. The van der Waals surface area contributed by atoms with Crippen molar-refractivity contribution in [3.63, 3.8) is 0 Å². The molecule has 3 aromatic heterocycles. The summed E-state index contributed by atoms with van der Waals surface area (Å²) in [5.74, 6) is 4.23. The van der Waals surface area contributed by atoms with Gasteiger partial charge < -0.3 is 14.5 Å². The number of aromatic nitrogens is 5. The van der Waals surface area contributed by atoms with Crippen LogP contribution in [-0.4, -0.2) is 31.2 Å². The van der Waals surface area contributed by atoms with Crippen molar-refractivity contribution >= 4 is 44.6 Å². The Morgan fingerprint density at radius 1 is 0.525 bits per heavy atom. The van der Waals surface area contributed by atoms with Gasteiger partial charge in [-0.3, -0.25) is 4.57 Å². The molecule has 8 nitrogen and oxygen atoms in total. The molecule has 0 aliphatic carbocycles. The number of hydrogen-bond donors (Lipinski definition) is 0. The molecule has 0 fully saturated rings. The highest BCUT2D eigenvalue weighted by Gasteiger charge is 2.30. The van der Waals surface area contributed by atoms with Gasteiger partial charge in [0.15, 0.2) is 5.82 Å². The van der Waals surface area contributed by atoms with Gasteiger partial charge in [-0.15, -0.1) is 0 Å². The van der Waals surface area contributed by atoms with E-state index in [1.54, 1.807) is 0 Å². The minimum absolute atomic E-state index is 0.0839. The molecule has 0 amide bonds. The van der Waals surface area contributed by atoms with Gasteiger partial charge in [0.05, 0.1) is 28.0 Å². The molecule has 4 heterocycles. The van der Waals surface area contributed by atoms with Gasteiger partial charge in [0.2, 0.25) is 0 Å². The number of benzene rings is 5. The van der Waals surface area contributed by atoms with Gasteiger partial charge in [-0.05, 0) is 71.6 Å². The van der Waals surface area contributed by atoms with Crippen molar-refractivity contribution in [3.05, 3.63) is 151 Å². The lowest BCUT2D eigenvalue weighted by molar-refractivity contribution is 0.481. The van der Waals surface area contributed by atoms with E-state index in [4.69, 9.17) is 24.7 Å². The fourth-order valence-corrected chi connectivity index (χ4v) is 7.79. The van der Waals surface area contributed by atoms with Crippen molar-refractivity contribution in [1.29, 1.82) is 0 Å². The number of fused-ring (bicyclic) bond motifs is 4. The predicted octanol–water partition coefficient (Wildman–Crippen LogP) is 13.0. The quantitative estimate of drug-likeness (QED) is 0.166. The molecule has 8 aromatic rings. The van der Waals surface area contributed by atoms with Crippen LogP contribution in [0.3, 0.4) is 0 Å². The van der Waals surface area contributed by atoms with Crippen molar-refractivity contribution in [2.24, 2.45) is 0 Å². The lowest BCUT2D eigenvalue weighted by Gasteiger charge is -2.24. The van der Waals surface area contributed by atoms with Crippen molar-refractivity contribution < 1.29 is 4.74 Å². The Hall–Kier alpha value is -6.54. The summed E-state index contributed by atoms with van der Waals surface area (Å²) in [5, 5.41) is 2.16. The second kappa shape index (κ2) is 14.1. The van der Waals surface area contributed by atoms with Crippen LogP contribution in [0.5, 0.6) is 11.5 Å². The summed E-state index contributed by atoms with van der Waals surface area (Å²) < 4.78 is 9.28. The molecule has 1 aliphatic heterocycles. The molecular formula is C51H51N7O. The second-order valence-electron chi connectivity index (χ2n) is 18.6. The summed E-state index contributed by atoms with van der Waals surface area (Å²) in [4.78, 5) is 24.9. The fourth-order valence-electron chi connectivity index (χ4n) is 7.79. The summed E-state index contributed by atoms with van der Waals surface area (Å²) in [5.41, 5.74) is 8.10. The largest absolute Gasteiger partial charge is 0.456 e. The number of para-hydroxylation sites is 3. The van der Waals surface area contributed by atoms with E-state index in [1.165, 1.54) is 5.56 Å². The van der Waals surface area contributed by atoms with Crippen LogP contribution in [0, 0.1) is 0 Å². The van der Waals surface area contributed by atoms with Crippen LogP contribution in [0.2, 0.25) is 0 Å². The van der Waals surface area contributed by atoms with Crippen LogP contribution in [0.4, 0.5) is 22.7 Å². The van der Waals surface area contributed by atoms with Gasteiger partial charge in [0, 0.05) is 51.3 Å². The van der Waals surface area contributed by atoms with Gasteiger partial charge in [0.25, 0.3) is 0 Å². The third-order valence-electron chi connectivity index (χ3n) is 11.0. The number of pyridine rings is 1. The van der Waals surface area contributed by atoms with Gasteiger partial charge in [-0.1, -0.05) is 117 Å². The predicted molar refractivity (Wildman–Crippen MR) is 242 cm³/mol. The first-order chi connectivity index (χ1) is 28.1. The summed E-state index contributed by atoms with van der Waals surface area (Å²) in [6.07, 6.45) is 1.83. The molecule has 0 N–H and O–H groups in total. The molecule has 59 heavy (non-hydrogen) atoms. The molecule has 0 spiro atoms. The molecule has 9 rings (SSSR count). The minimum Gasteiger partial charge on any atom is -0.456 e. The lowest BCUT2D eigenvalue weighted by Crippen LogP contribution is -2.24. The van der Waals surface area contributed by atoms with Gasteiger partial charge in [-0.2, -0.15) is 0 Å². The van der Waals surface area contributed by atoms with E-state index < -0.39 is 0 Å². The smallest absolute Gasteiger partial charge is 0.167 e. The van der Waals surface area contributed by atoms with E-state index >= 15 is 0 Å². The van der Waals surface area contributed by atoms with Crippen molar-refractivity contribution in [2.75, 3.05) is 16.5 Å². The van der Waals surface area contributed by atoms with Crippen LogP contribution in [0.15, 0.2) is 134 Å². The van der Waals surface area contributed by atoms with Crippen molar-refractivity contribution in [1.82, 2.24) is 24.5 Å². The Kier molecular flexibility index (Phi) is 9.07. The standard InChI is InChI=1S/C51H51N7O/c1-49(2,3)33-24-26-34(27-25-33)56-32-57(42-22-13-12-21-41(42)56)35-17-16-18-36(29-35)59-44-31-43-38(37-19-10-11-20-40(37)58(43)45-23-14-15-28-52-45)30-39(44)46-53-47(50(4,5)6)55-48(54-46)51(7,8)9/h10-31H,32H2,1-9H3. The zero-order valence-corrected chi connectivity index (χ0v) is 35.4. The van der Waals surface area contributed by atoms with Crippen LogP contribution < -0.4 is 14.5 Å². The number of hydrogen-bond acceptors (Lipinski definition) is 7. The molecule has 0 unspecified atom stereocenters. The summed E-state index contributed by atoms with van der Waals surface area (Å²) in [7, 11) is 0. The first kappa shape index (κ1) is 38.0. The first-order valence-corrected chi connectivity index (χ1v) is 20.4. The molecule has 0 radical (unpaired) electrons. The van der Waals surface area contributed by atoms with E-state index in [0.29, 0.717) is 24.0 Å². The highest BCUT2D eigenvalue weighted by Crippen LogP contribution is 2.46. The summed E-state index contributed by atoms with van der Waals surface area (Å²) in [6, 6.07) is 44.7. The van der Waals surface area contributed by atoms with E-state index in [1.807, 2.05) is 30.5 Å². The van der Waals surface area contributed by atoms with Gasteiger partial charge in [0.1, 0.15) is 35.6 Å². The van der Waals surface area contributed by atoms with Crippen LogP contribution >= 0.6 is 0 Å². The van der Waals surface area contributed by atoms with E-state index in [-0.39, 0.29) is 16.2 Å². The zero-order valence-electron chi connectivity index (χ0n) is 35.4. The van der Waals surface area contributed by atoms with Crippen LogP contribution in [0.25, 0.3) is 39.0 Å². The average Bonchev–Trinajstić information content (AvgIpc) is 3.76. The highest BCUT2D eigenvalue weighted by molar-refractivity contribution is 6.11. The zero-order chi connectivity index (χ0) is 41.3. The molecule has 0 bridgehead atoms. The Morgan fingerprint density at radius 3 is 1.81 bits per heavy atom. The number of ether oxygens (including phenoxy) is 1. The lowest BCUT2D eigenvalue weighted by atomic mass is 9.87. The van der Waals surface area contributed by atoms with Crippen molar-refractivity contribution in [2.45, 2.75) is 78.6 Å². The van der Waals surface area contributed by atoms with Gasteiger partial charge >= 0.3 is 0 Å². The summed E-state index contributed by atoms with van der Waals surface area (Å²) >= 11 is 0. The number of anilines is 4. The maximum Gasteiger partial charge on any atom is 0.167 e. The number of rotatable bonds is 6. The van der Waals surface area contributed by atoms with E-state index in [9.17, 15) is 0 Å². The Labute approximate surface area is 347 Å². The number of nitrogens with zero attached hydrogens (tertiary/aromatic N) is 7. The average molecular weight is 778 g/mol. The summed E-state index contributed by atoms with van der Waals surface area (Å²) in [6.45, 7) is 20.3. The van der Waals surface area contributed by atoms with Gasteiger partial charge in [-0.25, -0.2) is 19.9 Å². The van der Waals surface area contributed by atoms with Crippen LogP contribution in [-0.2, 0) is 16.2 Å². The fraction of sp³-hybridized carbons (Fsp3) is 0.255. The molecular weight excluding hydrogens is 727 g/mol. The topological polar surface area (TPSA) is 72.2 Å². The molecule has 0 saturated carbocycles. The monoisotopic (exact) mass is 777 g/mol. The SMILES string of the molecule is CC(C)(C)c1ccc(N2CN(c3cccc(Oc4cc5c(cc4-c4nc(C(C)(C)C)nc(C(C)(C)C)n4)c4ccccc4n5-c4ccccn4)c3)c3ccccc32)cc1. The molecule has 0 saturated heterocycles. The Balaban J connectivity index is 1.19. The normalized spacial score (nSPS) is 13.4. The maximum atomic E-state index is 7.08. The third-order valence-corrected chi connectivity index (χ3v) is 11.0. The molecule has 5 aromatic carbocycles. The molecule has 1 aliphatic rings.